The zero-order valence-corrected chi connectivity index (χ0v) is 9.26. The van der Waals surface area contributed by atoms with Gasteiger partial charge in [-0.3, -0.25) is 4.79 Å². The van der Waals surface area contributed by atoms with E-state index in [4.69, 9.17) is 4.74 Å². The van der Waals surface area contributed by atoms with Crippen LogP contribution >= 0.6 is 11.3 Å². The first-order valence-corrected chi connectivity index (χ1v) is 6.00. The molecule has 1 atom stereocenters. The summed E-state index contributed by atoms with van der Waals surface area (Å²) in [4.78, 5) is 15.6. The molecular weight excluding hydrogens is 212 g/mol. The molecule has 1 aliphatic heterocycles. The summed E-state index contributed by atoms with van der Waals surface area (Å²) in [5.74, 6) is 0.499. The van der Waals surface area contributed by atoms with Crippen molar-refractivity contribution in [2.75, 3.05) is 13.2 Å². The van der Waals surface area contributed by atoms with Gasteiger partial charge in [-0.2, -0.15) is 0 Å². The molecule has 0 aliphatic carbocycles. The van der Waals surface area contributed by atoms with E-state index in [2.05, 4.69) is 10.3 Å². The van der Waals surface area contributed by atoms with Gasteiger partial charge < -0.3 is 10.1 Å². The highest BCUT2D eigenvalue weighted by Crippen LogP contribution is 2.15. The van der Waals surface area contributed by atoms with Crippen LogP contribution < -0.4 is 5.32 Å². The molecule has 5 heteroatoms. The minimum Gasteiger partial charge on any atom is -0.381 e. The third-order valence-corrected chi connectivity index (χ3v) is 3.08. The Labute approximate surface area is 92.7 Å². The fraction of sp³-hybridized carbons (Fsp3) is 0.600. The summed E-state index contributed by atoms with van der Waals surface area (Å²) in [6.45, 7) is 2.06. The second kappa shape index (κ2) is 5.23. The summed E-state index contributed by atoms with van der Waals surface area (Å²) >= 11 is 1.54. The van der Waals surface area contributed by atoms with E-state index in [0.717, 1.165) is 25.3 Å². The lowest BCUT2D eigenvalue weighted by molar-refractivity contribution is -0.122. The Morgan fingerprint density at radius 1 is 1.73 bits per heavy atom. The van der Waals surface area contributed by atoms with E-state index in [1.807, 2.05) is 5.38 Å². The number of amides is 1. The average molecular weight is 226 g/mol. The quantitative estimate of drug-likeness (QED) is 0.839. The number of rotatable bonds is 4. The van der Waals surface area contributed by atoms with E-state index in [0.29, 0.717) is 18.9 Å². The molecule has 1 N–H and O–H groups in total. The molecule has 0 spiro atoms. The summed E-state index contributed by atoms with van der Waals surface area (Å²) in [5.41, 5.74) is 2.70. The lowest BCUT2D eigenvalue weighted by Crippen LogP contribution is -2.25. The van der Waals surface area contributed by atoms with E-state index < -0.39 is 0 Å². The molecule has 1 aliphatic rings. The molecule has 1 fully saturated rings. The average Bonchev–Trinajstić information content (AvgIpc) is 2.86. The van der Waals surface area contributed by atoms with Crippen LogP contribution in [0.3, 0.4) is 0 Å². The smallest absolute Gasteiger partial charge is 0.220 e. The molecule has 0 bridgehead atoms. The van der Waals surface area contributed by atoms with Crippen molar-refractivity contribution in [1.82, 2.24) is 10.3 Å². The van der Waals surface area contributed by atoms with E-state index >= 15 is 0 Å². The maximum absolute atomic E-state index is 11.5. The maximum Gasteiger partial charge on any atom is 0.220 e. The Morgan fingerprint density at radius 2 is 2.67 bits per heavy atom. The van der Waals surface area contributed by atoms with Crippen LogP contribution in [0.5, 0.6) is 0 Å². The van der Waals surface area contributed by atoms with Crippen molar-refractivity contribution in [2.45, 2.75) is 19.4 Å². The largest absolute Gasteiger partial charge is 0.381 e. The van der Waals surface area contributed by atoms with Crippen LogP contribution in [-0.4, -0.2) is 24.1 Å². The normalized spacial score (nSPS) is 20.4. The molecule has 0 radical (unpaired) electrons. The molecule has 2 heterocycles. The minimum absolute atomic E-state index is 0.0958. The third kappa shape index (κ3) is 3.28. The first kappa shape index (κ1) is 10.6. The van der Waals surface area contributed by atoms with Gasteiger partial charge in [0.1, 0.15) is 0 Å². The van der Waals surface area contributed by atoms with Gasteiger partial charge in [-0.15, -0.1) is 11.3 Å². The number of aromatic nitrogens is 1. The highest BCUT2D eigenvalue weighted by molar-refractivity contribution is 7.07. The van der Waals surface area contributed by atoms with Gasteiger partial charge in [0.25, 0.3) is 0 Å². The van der Waals surface area contributed by atoms with Crippen molar-refractivity contribution in [3.05, 3.63) is 16.6 Å². The van der Waals surface area contributed by atoms with Crippen LogP contribution in [0.2, 0.25) is 0 Å². The molecule has 1 aromatic rings. The fourth-order valence-corrected chi connectivity index (χ4v) is 2.15. The number of thiazole rings is 1. The molecule has 1 aromatic heterocycles. The van der Waals surface area contributed by atoms with E-state index in [1.165, 1.54) is 0 Å². The molecule has 82 valence electrons. The Hall–Kier alpha value is -0.940. The van der Waals surface area contributed by atoms with Crippen molar-refractivity contribution < 1.29 is 9.53 Å². The van der Waals surface area contributed by atoms with Gasteiger partial charge in [-0.25, -0.2) is 4.98 Å². The highest BCUT2D eigenvalue weighted by atomic mass is 32.1. The summed E-state index contributed by atoms with van der Waals surface area (Å²) in [7, 11) is 0. The lowest BCUT2D eigenvalue weighted by Gasteiger charge is -2.07. The van der Waals surface area contributed by atoms with Crippen LogP contribution in [-0.2, 0) is 16.1 Å². The Balaban J connectivity index is 1.68. The molecule has 1 amide bonds. The number of nitrogens with one attached hydrogen (secondary N) is 1. The van der Waals surface area contributed by atoms with Gasteiger partial charge in [-0.05, 0) is 12.3 Å². The SMILES string of the molecule is O=C(C[C@@H]1CCOC1)NCc1cscn1. The predicted molar refractivity (Wildman–Crippen MR) is 57.5 cm³/mol. The summed E-state index contributed by atoms with van der Waals surface area (Å²) in [5, 5.41) is 4.81. The first-order chi connectivity index (χ1) is 7.34. The number of ether oxygens (including phenoxy) is 1. The zero-order chi connectivity index (χ0) is 10.5. The van der Waals surface area contributed by atoms with Crippen molar-refractivity contribution in [3.63, 3.8) is 0 Å². The topological polar surface area (TPSA) is 51.2 Å². The zero-order valence-electron chi connectivity index (χ0n) is 8.44. The van der Waals surface area contributed by atoms with Gasteiger partial charge >= 0.3 is 0 Å². The Bertz CT molecular complexity index is 307. The number of carbonyl (C=O) groups excluding carboxylic acids is 1. The molecule has 0 aromatic carbocycles. The molecule has 4 nitrogen and oxygen atoms in total. The number of nitrogens with zero attached hydrogens (tertiary/aromatic N) is 1. The number of carbonyl (C=O) groups is 1. The van der Waals surface area contributed by atoms with Crippen molar-refractivity contribution in [1.29, 1.82) is 0 Å². The van der Waals surface area contributed by atoms with Crippen molar-refractivity contribution in [3.8, 4) is 0 Å². The standard InChI is InChI=1S/C10H14N2O2S/c13-10(3-8-1-2-14-5-8)11-4-9-6-15-7-12-9/h6-8H,1-5H2,(H,11,13)/t8-/m0/s1. The Kier molecular flexibility index (Phi) is 3.69. The monoisotopic (exact) mass is 226 g/mol. The van der Waals surface area contributed by atoms with Crippen LogP contribution in [0.1, 0.15) is 18.5 Å². The van der Waals surface area contributed by atoms with Crippen LogP contribution in [0, 0.1) is 5.92 Å². The predicted octanol–water partition coefficient (Wildman–Crippen LogP) is 1.19. The molecule has 0 saturated carbocycles. The van der Waals surface area contributed by atoms with Gasteiger partial charge in [0.15, 0.2) is 0 Å². The van der Waals surface area contributed by atoms with Gasteiger partial charge in [-0.1, -0.05) is 0 Å². The highest BCUT2D eigenvalue weighted by Gasteiger charge is 2.18. The second-order valence-corrected chi connectivity index (χ2v) is 4.41. The fourth-order valence-electron chi connectivity index (χ4n) is 1.59. The van der Waals surface area contributed by atoms with E-state index in [1.54, 1.807) is 16.8 Å². The summed E-state index contributed by atoms with van der Waals surface area (Å²) in [6.07, 6.45) is 1.58. The molecule has 1 saturated heterocycles. The minimum atomic E-state index is 0.0958. The maximum atomic E-state index is 11.5. The summed E-state index contributed by atoms with van der Waals surface area (Å²) in [6, 6.07) is 0. The van der Waals surface area contributed by atoms with Crippen LogP contribution in [0.4, 0.5) is 0 Å². The van der Waals surface area contributed by atoms with Crippen LogP contribution in [0.15, 0.2) is 10.9 Å². The first-order valence-electron chi connectivity index (χ1n) is 5.06. The van der Waals surface area contributed by atoms with Crippen molar-refractivity contribution in [2.24, 2.45) is 5.92 Å². The van der Waals surface area contributed by atoms with Gasteiger partial charge in [0.05, 0.1) is 17.7 Å². The van der Waals surface area contributed by atoms with E-state index in [9.17, 15) is 4.79 Å². The van der Waals surface area contributed by atoms with Gasteiger partial charge in [0.2, 0.25) is 5.91 Å². The van der Waals surface area contributed by atoms with Gasteiger partial charge in [0, 0.05) is 25.0 Å². The second-order valence-electron chi connectivity index (χ2n) is 3.69. The number of hydrogen-bond donors (Lipinski definition) is 1. The molecule has 15 heavy (non-hydrogen) atoms. The van der Waals surface area contributed by atoms with Crippen LogP contribution in [0.25, 0.3) is 0 Å². The molecule has 2 rings (SSSR count). The van der Waals surface area contributed by atoms with Crippen molar-refractivity contribution >= 4 is 17.2 Å². The third-order valence-electron chi connectivity index (χ3n) is 2.45. The lowest BCUT2D eigenvalue weighted by atomic mass is 10.1. The molecule has 0 unspecified atom stereocenters. The van der Waals surface area contributed by atoms with E-state index in [-0.39, 0.29) is 5.91 Å². The summed E-state index contributed by atoms with van der Waals surface area (Å²) < 4.78 is 5.22. The molecular formula is C10H14N2O2S. The number of hydrogen-bond acceptors (Lipinski definition) is 4. The Morgan fingerprint density at radius 3 is 3.33 bits per heavy atom.